The van der Waals surface area contributed by atoms with E-state index in [1.807, 2.05) is 0 Å². The Labute approximate surface area is 53.9 Å². The quantitative estimate of drug-likeness (QED) is 0.458. The molecular formula is C4H11FNO2P. The van der Waals surface area contributed by atoms with E-state index in [1.165, 1.54) is 0 Å². The van der Waals surface area contributed by atoms with Gasteiger partial charge in [0.1, 0.15) is 6.30 Å². The largest absolute Gasteiger partial charge is 0.346 e. The smallest absolute Gasteiger partial charge is 0.189 e. The first-order chi connectivity index (χ1) is 4.13. The van der Waals surface area contributed by atoms with Gasteiger partial charge in [0.15, 0.2) is 8.03 Å². The van der Waals surface area contributed by atoms with E-state index in [2.05, 4.69) is 0 Å². The van der Waals surface area contributed by atoms with Crippen molar-refractivity contribution in [3.8, 4) is 0 Å². The van der Waals surface area contributed by atoms with Crippen molar-refractivity contribution < 1.29 is 13.8 Å². The van der Waals surface area contributed by atoms with E-state index >= 15 is 0 Å². The molecule has 0 fully saturated rings. The number of nitrogens with two attached hydrogens (primary N) is 1. The third-order valence-electron chi connectivity index (χ3n) is 0.871. The maximum atomic E-state index is 11.8. The molecule has 0 aromatic heterocycles. The molecule has 0 aromatic rings. The lowest BCUT2D eigenvalue weighted by atomic mass is 10.3. The van der Waals surface area contributed by atoms with Gasteiger partial charge in [0.05, 0.1) is 0 Å². The zero-order chi connectivity index (χ0) is 7.28. The minimum atomic E-state index is -2.40. The van der Waals surface area contributed by atoms with Gasteiger partial charge in [-0.3, -0.25) is 4.57 Å². The van der Waals surface area contributed by atoms with Crippen LogP contribution in [-0.4, -0.2) is 17.4 Å². The lowest BCUT2D eigenvalue weighted by molar-refractivity contribution is 0.322. The van der Waals surface area contributed by atoms with Crippen molar-refractivity contribution in [3.05, 3.63) is 0 Å². The zero-order valence-electron chi connectivity index (χ0n) is 5.01. The molecule has 0 bridgehead atoms. The van der Waals surface area contributed by atoms with Crippen LogP contribution in [0.15, 0.2) is 0 Å². The Balaban J connectivity index is 3.01. The van der Waals surface area contributed by atoms with Gasteiger partial charge in [-0.15, -0.1) is 0 Å². The van der Waals surface area contributed by atoms with Crippen molar-refractivity contribution in [2.24, 2.45) is 5.73 Å². The molecule has 0 rings (SSSR count). The fourth-order valence-electron chi connectivity index (χ4n) is 0.448. The van der Waals surface area contributed by atoms with Crippen LogP contribution in [0.2, 0.25) is 0 Å². The second kappa shape index (κ2) is 4.91. The highest BCUT2D eigenvalue weighted by Crippen LogP contribution is 2.15. The molecule has 0 saturated carbocycles. The molecule has 0 spiro atoms. The minimum absolute atomic E-state index is 0.178. The van der Waals surface area contributed by atoms with E-state index in [1.54, 1.807) is 0 Å². The van der Waals surface area contributed by atoms with Crippen LogP contribution < -0.4 is 5.73 Å². The summed E-state index contributed by atoms with van der Waals surface area (Å²) in [7, 11) is -2.40. The van der Waals surface area contributed by atoms with Gasteiger partial charge in [-0.25, -0.2) is 4.39 Å². The number of hydrogen-bond acceptors (Lipinski definition) is 2. The van der Waals surface area contributed by atoms with E-state index < -0.39 is 14.3 Å². The topological polar surface area (TPSA) is 63.3 Å². The molecule has 0 amide bonds. The lowest BCUT2D eigenvalue weighted by Gasteiger charge is -1.97. The van der Waals surface area contributed by atoms with Gasteiger partial charge < -0.3 is 10.6 Å². The maximum absolute atomic E-state index is 11.8. The van der Waals surface area contributed by atoms with Gasteiger partial charge >= 0.3 is 0 Å². The summed E-state index contributed by atoms with van der Waals surface area (Å²) in [4.78, 5) is 8.25. The maximum Gasteiger partial charge on any atom is 0.189 e. The van der Waals surface area contributed by atoms with Crippen LogP contribution >= 0.6 is 8.03 Å². The summed E-state index contributed by atoms with van der Waals surface area (Å²) in [5, 5.41) is 0. The van der Waals surface area contributed by atoms with Crippen molar-refractivity contribution in [1.29, 1.82) is 0 Å². The van der Waals surface area contributed by atoms with E-state index in [4.69, 9.17) is 10.6 Å². The fourth-order valence-corrected chi connectivity index (χ4v) is 0.955. The molecule has 0 aromatic carbocycles. The minimum Gasteiger partial charge on any atom is -0.346 e. The SMILES string of the molecule is NC(F)CCC[PH](=O)O. The molecule has 3 nitrogen and oxygen atoms in total. The number of halogens is 1. The van der Waals surface area contributed by atoms with Gasteiger partial charge in [0, 0.05) is 6.16 Å². The first kappa shape index (κ1) is 9.08. The molecule has 5 heteroatoms. The van der Waals surface area contributed by atoms with E-state index in [-0.39, 0.29) is 12.6 Å². The summed E-state index contributed by atoms with van der Waals surface area (Å²) in [6.45, 7) is 0. The van der Waals surface area contributed by atoms with Crippen LogP contribution in [0.25, 0.3) is 0 Å². The average Bonchev–Trinajstić information content (AvgIpc) is 1.63. The summed E-state index contributed by atoms with van der Waals surface area (Å²) < 4.78 is 21.8. The molecule has 0 saturated heterocycles. The highest BCUT2D eigenvalue weighted by Gasteiger charge is 1.98. The molecule has 2 atom stereocenters. The zero-order valence-corrected chi connectivity index (χ0v) is 6.01. The first-order valence-corrected chi connectivity index (χ1v) is 4.30. The number of hydrogen-bond donors (Lipinski definition) is 2. The molecule has 0 radical (unpaired) electrons. The summed E-state index contributed by atoms with van der Waals surface area (Å²) in [6.07, 6.45) is -0.586. The van der Waals surface area contributed by atoms with Crippen LogP contribution in [0.1, 0.15) is 12.8 Å². The molecule has 2 unspecified atom stereocenters. The second-order valence-corrected chi connectivity index (χ2v) is 3.09. The Bertz CT molecular complexity index is 98.6. The van der Waals surface area contributed by atoms with Crippen LogP contribution in [0.4, 0.5) is 4.39 Å². The molecule has 0 aliphatic carbocycles. The summed E-state index contributed by atoms with van der Waals surface area (Å²) in [5.74, 6) is 0. The molecular weight excluding hydrogens is 144 g/mol. The Morgan fingerprint density at radius 2 is 2.33 bits per heavy atom. The van der Waals surface area contributed by atoms with Crippen molar-refractivity contribution in [2.75, 3.05) is 6.16 Å². The Morgan fingerprint density at radius 1 is 1.78 bits per heavy atom. The van der Waals surface area contributed by atoms with Crippen molar-refractivity contribution in [1.82, 2.24) is 0 Å². The lowest BCUT2D eigenvalue weighted by Crippen LogP contribution is -2.12. The number of rotatable bonds is 4. The van der Waals surface area contributed by atoms with Crippen molar-refractivity contribution >= 4 is 8.03 Å². The molecule has 3 N–H and O–H groups in total. The normalized spacial score (nSPS) is 17.2. The molecule has 0 aliphatic rings. The Morgan fingerprint density at radius 3 is 2.67 bits per heavy atom. The van der Waals surface area contributed by atoms with Gasteiger partial charge in [-0.05, 0) is 12.8 Å². The molecule has 9 heavy (non-hydrogen) atoms. The summed E-state index contributed by atoms with van der Waals surface area (Å²) in [6, 6.07) is 0. The van der Waals surface area contributed by atoms with Crippen molar-refractivity contribution in [2.45, 2.75) is 19.1 Å². The van der Waals surface area contributed by atoms with Crippen LogP contribution in [-0.2, 0) is 4.57 Å². The number of alkyl halides is 1. The fraction of sp³-hybridized carbons (Fsp3) is 1.00. The molecule has 0 aliphatic heterocycles. The van der Waals surface area contributed by atoms with Crippen LogP contribution in [0.5, 0.6) is 0 Å². The summed E-state index contributed by atoms with van der Waals surface area (Å²) in [5.41, 5.74) is 4.74. The third-order valence-corrected chi connectivity index (χ3v) is 1.65. The first-order valence-electron chi connectivity index (χ1n) is 2.74. The molecule has 0 heterocycles. The second-order valence-electron chi connectivity index (χ2n) is 1.80. The summed E-state index contributed by atoms with van der Waals surface area (Å²) >= 11 is 0. The average molecular weight is 155 g/mol. The van der Waals surface area contributed by atoms with Crippen LogP contribution in [0.3, 0.4) is 0 Å². The van der Waals surface area contributed by atoms with Gasteiger partial charge in [0.2, 0.25) is 0 Å². The van der Waals surface area contributed by atoms with E-state index in [9.17, 15) is 8.96 Å². The van der Waals surface area contributed by atoms with E-state index in [0.29, 0.717) is 6.42 Å². The monoisotopic (exact) mass is 155 g/mol. The predicted octanol–water partition coefficient (Wildman–Crippen LogP) is 0.488. The van der Waals surface area contributed by atoms with Crippen LogP contribution in [0, 0.1) is 0 Å². The highest BCUT2D eigenvalue weighted by molar-refractivity contribution is 7.37. The third kappa shape index (κ3) is 8.08. The van der Waals surface area contributed by atoms with Crippen molar-refractivity contribution in [3.63, 3.8) is 0 Å². The predicted molar refractivity (Wildman–Crippen MR) is 34.4 cm³/mol. The standard InChI is InChI=1S/C4H11FNO2P/c5-4(6)2-1-3-9(7)8/h4,9H,1-3,6H2,(H,7,8). The van der Waals surface area contributed by atoms with E-state index in [0.717, 1.165) is 0 Å². The Hall–Kier alpha value is 0.0800. The van der Waals surface area contributed by atoms with Gasteiger partial charge in [-0.2, -0.15) is 0 Å². The van der Waals surface area contributed by atoms with Gasteiger partial charge in [0.25, 0.3) is 0 Å². The highest BCUT2D eigenvalue weighted by atomic mass is 31.1. The van der Waals surface area contributed by atoms with Gasteiger partial charge in [-0.1, -0.05) is 0 Å². The molecule has 56 valence electrons. The Kier molecular flexibility index (Phi) is 4.96.